The lowest BCUT2D eigenvalue weighted by atomic mass is 9.95. The highest BCUT2D eigenvalue weighted by atomic mass is 16.5. The van der Waals surface area contributed by atoms with E-state index in [9.17, 15) is 9.59 Å². The van der Waals surface area contributed by atoms with Crippen molar-refractivity contribution in [2.24, 2.45) is 5.92 Å². The maximum Gasteiger partial charge on any atom is 0.251 e. The summed E-state index contributed by atoms with van der Waals surface area (Å²) in [6.07, 6.45) is 1.54. The Balaban J connectivity index is 1.72. The van der Waals surface area contributed by atoms with Gasteiger partial charge in [-0.1, -0.05) is 38.1 Å². The molecule has 1 aliphatic heterocycles. The van der Waals surface area contributed by atoms with Gasteiger partial charge in [-0.05, 0) is 47.7 Å². The van der Waals surface area contributed by atoms with Gasteiger partial charge in [0.2, 0.25) is 5.91 Å². The van der Waals surface area contributed by atoms with Gasteiger partial charge in [-0.3, -0.25) is 9.59 Å². The van der Waals surface area contributed by atoms with Crippen molar-refractivity contribution in [1.29, 1.82) is 0 Å². The van der Waals surface area contributed by atoms with Gasteiger partial charge < -0.3 is 15.0 Å². The van der Waals surface area contributed by atoms with E-state index in [1.165, 1.54) is 0 Å². The van der Waals surface area contributed by atoms with Crippen LogP contribution in [-0.4, -0.2) is 30.4 Å². The monoisotopic (exact) mass is 380 g/mol. The summed E-state index contributed by atoms with van der Waals surface area (Å²) in [4.78, 5) is 26.6. The smallest absolute Gasteiger partial charge is 0.251 e. The third-order valence-corrected chi connectivity index (χ3v) is 5.16. The van der Waals surface area contributed by atoms with E-state index in [4.69, 9.17) is 4.74 Å². The van der Waals surface area contributed by atoms with Gasteiger partial charge in [0.1, 0.15) is 5.75 Å². The molecule has 3 rings (SSSR count). The van der Waals surface area contributed by atoms with Crippen molar-refractivity contribution in [3.8, 4) is 5.75 Å². The maximum absolute atomic E-state index is 12.9. The quantitative estimate of drug-likeness (QED) is 0.791. The van der Waals surface area contributed by atoms with Crippen LogP contribution >= 0.6 is 0 Å². The molecule has 0 saturated carbocycles. The van der Waals surface area contributed by atoms with E-state index in [1.807, 2.05) is 53.4 Å². The van der Waals surface area contributed by atoms with Crippen LogP contribution in [0.25, 0.3) is 0 Å². The fourth-order valence-corrected chi connectivity index (χ4v) is 3.57. The van der Waals surface area contributed by atoms with E-state index in [0.29, 0.717) is 18.5 Å². The van der Waals surface area contributed by atoms with Crippen molar-refractivity contribution < 1.29 is 14.3 Å². The number of likely N-dealkylation sites (tertiary alicyclic amines) is 1. The van der Waals surface area contributed by atoms with Crippen LogP contribution < -0.4 is 10.1 Å². The minimum Gasteiger partial charge on any atom is -0.497 e. The Labute approximate surface area is 166 Å². The van der Waals surface area contributed by atoms with Crippen molar-refractivity contribution in [1.82, 2.24) is 10.2 Å². The molecule has 1 aliphatic rings. The Kier molecular flexibility index (Phi) is 6.34. The van der Waals surface area contributed by atoms with Gasteiger partial charge in [0, 0.05) is 25.1 Å². The number of amides is 2. The summed E-state index contributed by atoms with van der Waals surface area (Å²) in [7, 11) is 1.64. The second-order valence-electron chi connectivity index (χ2n) is 7.59. The summed E-state index contributed by atoms with van der Waals surface area (Å²) < 4.78 is 5.22. The highest BCUT2D eigenvalue weighted by Gasteiger charge is 2.22. The van der Waals surface area contributed by atoms with Gasteiger partial charge in [0.15, 0.2) is 0 Å². The van der Waals surface area contributed by atoms with Crippen LogP contribution in [0.2, 0.25) is 0 Å². The van der Waals surface area contributed by atoms with Crippen LogP contribution in [0.4, 0.5) is 0 Å². The molecule has 28 heavy (non-hydrogen) atoms. The molecule has 1 heterocycles. The summed E-state index contributed by atoms with van der Waals surface area (Å²) in [6, 6.07) is 15.2. The number of rotatable bonds is 7. The Morgan fingerprint density at radius 2 is 1.93 bits per heavy atom. The molecule has 5 nitrogen and oxygen atoms in total. The fraction of sp³-hybridized carbons (Fsp3) is 0.391. The van der Waals surface area contributed by atoms with Crippen molar-refractivity contribution in [2.45, 2.75) is 39.3 Å². The van der Waals surface area contributed by atoms with E-state index in [-0.39, 0.29) is 23.8 Å². The van der Waals surface area contributed by atoms with Crippen LogP contribution in [0.5, 0.6) is 5.75 Å². The van der Waals surface area contributed by atoms with Crippen molar-refractivity contribution >= 4 is 11.8 Å². The molecule has 0 bridgehead atoms. The lowest BCUT2D eigenvalue weighted by Gasteiger charge is -2.23. The molecule has 1 N–H and O–H groups in total. The van der Waals surface area contributed by atoms with Gasteiger partial charge in [0.05, 0.1) is 13.2 Å². The first-order valence-electron chi connectivity index (χ1n) is 9.79. The first kappa shape index (κ1) is 19.9. The summed E-state index contributed by atoms with van der Waals surface area (Å²) in [6.45, 7) is 5.53. The molecule has 1 saturated heterocycles. The van der Waals surface area contributed by atoms with Crippen LogP contribution in [-0.2, 0) is 11.3 Å². The number of methoxy groups -OCH3 is 1. The number of benzene rings is 2. The normalized spacial score (nSPS) is 15.0. The fourth-order valence-electron chi connectivity index (χ4n) is 3.57. The summed E-state index contributed by atoms with van der Waals surface area (Å²) in [5.74, 6) is 1.11. The summed E-state index contributed by atoms with van der Waals surface area (Å²) in [5.41, 5.74) is 2.64. The standard InChI is InChI=1S/C23H28N2O3/c1-16(2)22(18-9-11-20(28-3)12-10-18)24-23(27)19-7-4-6-17(14-19)15-25-13-5-8-21(25)26/h4,6-7,9-12,14,16,22H,5,8,13,15H2,1-3H3,(H,24,27). The Bertz CT molecular complexity index is 830. The van der Waals surface area contributed by atoms with E-state index < -0.39 is 0 Å². The van der Waals surface area contributed by atoms with E-state index in [2.05, 4.69) is 19.2 Å². The van der Waals surface area contributed by atoms with Crippen LogP contribution in [0.15, 0.2) is 48.5 Å². The predicted molar refractivity (Wildman–Crippen MR) is 109 cm³/mol. The topological polar surface area (TPSA) is 58.6 Å². The lowest BCUT2D eigenvalue weighted by Crippen LogP contribution is -2.32. The zero-order chi connectivity index (χ0) is 20.1. The minimum atomic E-state index is -0.107. The third kappa shape index (κ3) is 4.71. The first-order valence-corrected chi connectivity index (χ1v) is 9.79. The number of hydrogen-bond acceptors (Lipinski definition) is 3. The van der Waals surface area contributed by atoms with Gasteiger partial charge in [-0.15, -0.1) is 0 Å². The van der Waals surface area contributed by atoms with Gasteiger partial charge in [0.25, 0.3) is 5.91 Å². The molecule has 1 atom stereocenters. The molecular weight excluding hydrogens is 352 g/mol. The molecule has 0 aliphatic carbocycles. The van der Waals surface area contributed by atoms with Crippen LogP contribution in [0.1, 0.15) is 54.2 Å². The zero-order valence-corrected chi connectivity index (χ0v) is 16.8. The average Bonchev–Trinajstić information content (AvgIpc) is 3.10. The van der Waals surface area contributed by atoms with Crippen molar-refractivity contribution in [2.75, 3.05) is 13.7 Å². The second-order valence-corrected chi connectivity index (χ2v) is 7.59. The summed E-state index contributed by atoms with van der Waals surface area (Å²) >= 11 is 0. The number of nitrogens with zero attached hydrogens (tertiary/aromatic N) is 1. The van der Waals surface area contributed by atoms with Gasteiger partial charge >= 0.3 is 0 Å². The zero-order valence-electron chi connectivity index (χ0n) is 16.8. The molecule has 2 aromatic carbocycles. The number of nitrogens with one attached hydrogen (secondary N) is 1. The van der Waals surface area contributed by atoms with Crippen LogP contribution in [0, 0.1) is 5.92 Å². The molecule has 0 spiro atoms. The average molecular weight is 380 g/mol. The maximum atomic E-state index is 12.9. The molecule has 0 radical (unpaired) electrons. The molecule has 2 amide bonds. The Morgan fingerprint density at radius 3 is 2.54 bits per heavy atom. The number of carbonyl (C=O) groups is 2. The molecule has 5 heteroatoms. The minimum absolute atomic E-state index is 0.0952. The highest BCUT2D eigenvalue weighted by Crippen LogP contribution is 2.24. The number of carbonyl (C=O) groups excluding carboxylic acids is 2. The molecule has 0 aromatic heterocycles. The predicted octanol–water partition coefficient (Wildman–Crippen LogP) is 3.94. The Morgan fingerprint density at radius 1 is 1.18 bits per heavy atom. The van der Waals surface area contributed by atoms with E-state index in [0.717, 1.165) is 29.8 Å². The van der Waals surface area contributed by atoms with Crippen molar-refractivity contribution in [3.63, 3.8) is 0 Å². The lowest BCUT2D eigenvalue weighted by molar-refractivity contribution is -0.128. The largest absolute Gasteiger partial charge is 0.497 e. The molecule has 2 aromatic rings. The molecule has 148 valence electrons. The SMILES string of the molecule is COc1ccc(C(NC(=O)c2cccc(CN3CCCC3=O)c2)C(C)C)cc1. The second kappa shape index (κ2) is 8.91. The van der Waals surface area contributed by atoms with Crippen LogP contribution in [0.3, 0.4) is 0 Å². The molecular formula is C23H28N2O3. The molecule has 1 unspecified atom stereocenters. The van der Waals surface area contributed by atoms with E-state index in [1.54, 1.807) is 7.11 Å². The van der Waals surface area contributed by atoms with E-state index >= 15 is 0 Å². The highest BCUT2D eigenvalue weighted by molar-refractivity contribution is 5.94. The number of hydrogen-bond donors (Lipinski definition) is 1. The first-order chi connectivity index (χ1) is 13.5. The van der Waals surface area contributed by atoms with Gasteiger partial charge in [-0.25, -0.2) is 0 Å². The third-order valence-electron chi connectivity index (χ3n) is 5.16. The van der Waals surface area contributed by atoms with Crippen molar-refractivity contribution in [3.05, 3.63) is 65.2 Å². The Hall–Kier alpha value is -2.82. The number of ether oxygens (including phenoxy) is 1. The van der Waals surface area contributed by atoms with Gasteiger partial charge in [-0.2, -0.15) is 0 Å². The summed E-state index contributed by atoms with van der Waals surface area (Å²) in [5, 5.41) is 3.16. The molecule has 1 fully saturated rings.